The van der Waals surface area contributed by atoms with Gasteiger partial charge in [0.1, 0.15) is 24.6 Å². The van der Waals surface area contributed by atoms with Gasteiger partial charge in [0, 0.05) is 6.54 Å². The van der Waals surface area contributed by atoms with E-state index in [4.69, 9.17) is 9.47 Å². The van der Waals surface area contributed by atoms with E-state index in [0.29, 0.717) is 35.7 Å². The van der Waals surface area contributed by atoms with Gasteiger partial charge in [-0.1, -0.05) is 6.07 Å². The van der Waals surface area contributed by atoms with Gasteiger partial charge < -0.3 is 35.2 Å². The van der Waals surface area contributed by atoms with E-state index in [9.17, 15) is 20.4 Å². The monoisotopic (exact) mass is 417 g/mol. The molecule has 1 aliphatic heterocycles. The third-order valence-corrected chi connectivity index (χ3v) is 5.10. The molecule has 1 saturated heterocycles. The van der Waals surface area contributed by atoms with Gasteiger partial charge in [0.05, 0.1) is 20.0 Å². The Morgan fingerprint density at radius 3 is 2.77 bits per heavy atom. The molecule has 11 heteroatoms. The molecule has 4 atom stereocenters. The first-order chi connectivity index (χ1) is 14.5. The number of anilines is 1. The van der Waals surface area contributed by atoms with Crippen LogP contribution in [-0.4, -0.2) is 78.5 Å². The molecule has 0 aliphatic carbocycles. The maximum absolute atomic E-state index is 10.3. The first kappa shape index (κ1) is 20.3. The van der Waals surface area contributed by atoms with Crippen LogP contribution in [0.5, 0.6) is 11.5 Å². The minimum atomic E-state index is -1.23. The van der Waals surface area contributed by atoms with E-state index in [1.807, 2.05) is 6.07 Å². The second-order valence-corrected chi connectivity index (χ2v) is 6.96. The Bertz CT molecular complexity index is 1030. The lowest BCUT2D eigenvalue weighted by molar-refractivity contribution is -0.0511. The highest BCUT2D eigenvalue weighted by Gasteiger charge is 2.44. The third kappa shape index (κ3) is 3.63. The Balaban J connectivity index is 1.50. The normalized spacial score (nSPS) is 23.7. The predicted molar refractivity (Wildman–Crippen MR) is 105 cm³/mol. The summed E-state index contributed by atoms with van der Waals surface area (Å²) in [6, 6.07) is 5.16. The number of benzene rings is 1. The standard InChI is InChI=1S/C19H23N5O6/c1-29-12-6-10(2-3-11(12)26)4-5-20-17-14-18(22-8-21-17)24(9-23-14)19-16(28)15(27)13(7-25)30-19/h2-3,6,8-9,13,15-16,19,25-28H,4-5,7H2,1H3,(H,20,21,22)/t13-,15+,16?,19-/m1/s1. The summed E-state index contributed by atoms with van der Waals surface area (Å²) in [4.78, 5) is 12.8. The zero-order valence-corrected chi connectivity index (χ0v) is 16.2. The van der Waals surface area contributed by atoms with Crippen LogP contribution in [0.2, 0.25) is 0 Å². The number of aromatic hydroxyl groups is 1. The molecule has 4 rings (SSSR count). The lowest BCUT2D eigenvalue weighted by atomic mass is 10.1. The number of phenols is 1. The zero-order chi connectivity index (χ0) is 21.3. The second kappa shape index (κ2) is 8.40. The van der Waals surface area contributed by atoms with Crippen LogP contribution in [0.3, 0.4) is 0 Å². The highest BCUT2D eigenvalue weighted by Crippen LogP contribution is 2.32. The van der Waals surface area contributed by atoms with Crippen LogP contribution >= 0.6 is 0 Å². The van der Waals surface area contributed by atoms with Gasteiger partial charge in [-0.05, 0) is 24.1 Å². The van der Waals surface area contributed by atoms with Gasteiger partial charge in [-0.25, -0.2) is 15.0 Å². The lowest BCUT2D eigenvalue weighted by Gasteiger charge is -2.16. The van der Waals surface area contributed by atoms with Crippen molar-refractivity contribution in [3.8, 4) is 11.5 Å². The molecule has 5 N–H and O–H groups in total. The van der Waals surface area contributed by atoms with Crippen LogP contribution < -0.4 is 10.1 Å². The number of fused-ring (bicyclic) bond motifs is 1. The highest BCUT2D eigenvalue weighted by molar-refractivity contribution is 5.82. The van der Waals surface area contributed by atoms with Gasteiger partial charge in [-0.2, -0.15) is 0 Å². The number of aliphatic hydroxyl groups excluding tert-OH is 3. The van der Waals surface area contributed by atoms with Crippen LogP contribution in [0, 0.1) is 0 Å². The van der Waals surface area contributed by atoms with E-state index >= 15 is 0 Å². The topological polar surface area (TPSA) is 155 Å². The molecule has 1 unspecified atom stereocenters. The van der Waals surface area contributed by atoms with Gasteiger partial charge in [0.2, 0.25) is 0 Å². The molecule has 160 valence electrons. The van der Waals surface area contributed by atoms with E-state index in [2.05, 4.69) is 20.3 Å². The van der Waals surface area contributed by atoms with Crippen molar-refractivity contribution in [1.29, 1.82) is 0 Å². The van der Waals surface area contributed by atoms with E-state index in [1.54, 1.807) is 12.1 Å². The number of imidazole rings is 1. The van der Waals surface area contributed by atoms with E-state index in [1.165, 1.54) is 24.3 Å². The van der Waals surface area contributed by atoms with Gasteiger partial charge in [0.25, 0.3) is 0 Å². The second-order valence-electron chi connectivity index (χ2n) is 6.96. The van der Waals surface area contributed by atoms with Crippen molar-refractivity contribution in [2.45, 2.75) is 31.0 Å². The fraction of sp³-hybridized carbons (Fsp3) is 0.421. The molecule has 0 amide bonds. The average molecular weight is 417 g/mol. The number of aromatic nitrogens is 4. The Labute approximate surface area is 171 Å². The maximum Gasteiger partial charge on any atom is 0.167 e. The van der Waals surface area contributed by atoms with Crippen molar-refractivity contribution in [2.75, 3.05) is 25.6 Å². The summed E-state index contributed by atoms with van der Waals surface area (Å²) in [7, 11) is 1.50. The summed E-state index contributed by atoms with van der Waals surface area (Å²) >= 11 is 0. The van der Waals surface area contributed by atoms with Crippen LogP contribution in [0.25, 0.3) is 11.2 Å². The molecule has 3 heterocycles. The number of ether oxygens (including phenoxy) is 2. The molecule has 1 aromatic carbocycles. The fourth-order valence-corrected chi connectivity index (χ4v) is 3.48. The van der Waals surface area contributed by atoms with Gasteiger partial charge >= 0.3 is 0 Å². The Morgan fingerprint density at radius 1 is 1.20 bits per heavy atom. The van der Waals surface area contributed by atoms with Crippen LogP contribution in [0.4, 0.5) is 5.82 Å². The molecule has 1 fully saturated rings. The molecule has 1 aliphatic rings. The van der Waals surface area contributed by atoms with Crippen molar-refractivity contribution in [3.63, 3.8) is 0 Å². The number of rotatable bonds is 7. The minimum Gasteiger partial charge on any atom is -0.504 e. The maximum atomic E-state index is 10.3. The molecular formula is C19H23N5O6. The number of nitrogens with zero attached hydrogens (tertiary/aromatic N) is 4. The van der Waals surface area contributed by atoms with Crippen molar-refractivity contribution in [3.05, 3.63) is 36.4 Å². The minimum absolute atomic E-state index is 0.0853. The van der Waals surface area contributed by atoms with E-state index in [-0.39, 0.29) is 5.75 Å². The average Bonchev–Trinajstić information content (AvgIpc) is 3.31. The quantitative estimate of drug-likeness (QED) is 0.349. The van der Waals surface area contributed by atoms with Gasteiger partial charge in [0.15, 0.2) is 34.7 Å². The first-order valence-electron chi connectivity index (χ1n) is 9.43. The van der Waals surface area contributed by atoms with Crippen molar-refractivity contribution in [1.82, 2.24) is 19.5 Å². The molecule has 11 nitrogen and oxygen atoms in total. The first-order valence-corrected chi connectivity index (χ1v) is 9.43. The number of hydrogen-bond acceptors (Lipinski definition) is 10. The van der Waals surface area contributed by atoms with Crippen molar-refractivity contribution in [2.24, 2.45) is 0 Å². The van der Waals surface area contributed by atoms with Crippen LogP contribution in [0.15, 0.2) is 30.9 Å². The molecule has 2 aromatic heterocycles. The molecule has 30 heavy (non-hydrogen) atoms. The molecule has 0 spiro atoms. The molecule has 3 aromatic rings. The number of phenolic OH excluding ortho intramolecular Hbond substituents is 1. The van der Waals surface area contributed by atoms with Gasteiger partial charge in [-0.15, -0.1) is 0 Å². The highest BCUT2D eigenvalue weighted by atomic mass is 16.6. The largest absolute Gasteiger partial charge is 0.504 e. The summed E-state index contributed by atoms with van der Waals surface area (Å²) in [5.74, 6) is 1.01. The van der Waals surface area contributed by atoms with E-state index < -0.39 is 31.1 Å². The van der Waals surface area contributed by atoms with E-state index in [0.717, 1.165) is 5.56 Å². The van der Waals surface area contributed by atoms with Crippen LogP contribution in [-0.2, 0) is 11.2 Å². The number of nitrogens with one attached hydrogen (secondary N) is 1. The van der Waals surface area contributed by atoms with Gasteiger partial charge in [-0.3, -0.25) is 4.57 Å². The SMILES string of the molecule is COc1cc(CCNc2ncnc3c2ncn3[C@@H]2O[C@H](CO)[C@H](O)C2O)ccc1O. The summed E-state index contributed by atoms with van der Waals surface area (Å²) in [5.41, 5.74) is 1.88. The Morgan fingerprint density at radius 2 is 2.03 bits per heavy atom. The number of hydrogen-bond donors (Lipinski definition) is 5. The molecule has 0 saturated carbocycles. The Kier molecular flexibility index (Phi) is 5.68. The summed E-state index contributed by atoms with van der Waals surface area (Å²) < 4.78 is 12.2. The summed E-state index contributed by atoms with van der Waals surface area (Å²) in [6.07, 6.45) is -0.769. The zero-order valence-electron chi connectivity index (χ0n) is 16.2. The van der Waals surface area contributed by atoms with Crippen LogP contribution in [0.1, 0.15) is 11.8 Å². The fourth-order valence-electron chi connectivity index (χ4n) is 3.48. The summed E-state index contributed by atoms with van der Waals surface area (Å²) in [5, 5.41) is 42.4. The van der Waals surface area contributed by atoms with Crippen molar-refractivity contribution >= 4 is 17.0 Å². The smallest absolute Gasteiger partial charge is 0.167 e. The number of aliphatic hydroxyl groups is 3. The predicted octanol–water partition coefficient (Wildman–Crippen LogP) is -0.193. The Hall–Kier alpha value is -2.99. The third-order valence-electron chi connectivity index (χ3n) is 5.10. The lowest BCUT2D eigenvalue weighted by Crippen LogP contribution is -2.33. The summed E-state index contributed by atoms with van der Waals surface area (Å²) in [6.45, 7) is 0.131. The molecular weight excluding hydrogens is 394 g/mol. The molecule has 0 radical (unpaired) electrons. The number of methoxy groups -OCH3 is 1. The van der Waals surface area contributed by atoms with Crippen molar-refractivity contribution < 1.29 is 29.9 Å². The molecule has 0 bridgehead atoms.